The van der Waals surface area contributed by atoms with Crippen LogP contribution in [0.4, 0.5) is 5.00 Å². The lowest BCUT2D eigenvalue weighted by molar-refractivity contribution is -0.121. The van der Waals surface area contributed by atoms with Gasteiger partial charge in [0.1, 0.15) is 0 Å². The summed E-state index contributed by atoms with van der Waals surface area (Å²) in [6.07, 6.45) is 3.67. The summed E-state index contributed by atoms with van der Waals surface area (Å²) in [4.78, 5) is 25.0. The molecule has 1 aliphatic carbocycles. The molecule has 138 valence electrons. The maximum atomic E-state index is 12.1. The molecular formula is C20H25N3O2S. The van der Waals surface area contributed by atoms with Crippen LogP contribution in [0.3, 0.4) is 0 Å². The minimum Gasteiger partial charge on any atom is -0.390 e. The van der Waals surface area contributed by atoms with E-state index in [-0.39, 0.29) is 11.3 Å². The van der Waals surface area contributed by atoms with Gasteiger partial charge in [-0.25, -0.2) is 0 Å². The molecule has 5 nitrogen and oxygen atoms in total. The van der Waals surface area contributed by atoms with Crippen LogP contribution in [0.25, 0.3) is 0 Å². The Kier molecular flexibility index (Phi) is 5.32. The molecule has 0 bridgehead atoms. The van der Waals surface area contributed by atoms with Gasteiger partial charge >= 0.3 is 0 Å². The third kappa shape index (κ3) is 3.46. The lowest BCUT2D eigenvalue weighted by atomic mass is 9.66. The van der Waals surface area contributed by atoms with Crippen LogP contribution < -0.4 is 16.8 Å². The van der Waals surface area contributed by atoms with Gasteiger partial charge in [-0.15, -0.1) is 11.3 Å². The first kappa shape index (κ1) is 18.5. The third-order valence-corrected chi connectivity index (χ3v) is 6.37. The lowest BCUT2D eigenvalue weighted by Gasteiger charge is -2.38. The van der Waals surface area contributed by atoms with E-state index < -0.39 is 5.91 Å². The van der Waals surface area contributed by atoms with Crippen LogP contribution in [0.1, 0.15) is 52.5 Å². The standard InChI is InChI=1S/C20H25N3O2S/c1-2-23-16(24)9-11-20(13-6-4-3-5-7-13)10-8-14-15(12-20)26-19(22)17(14)18(21)25/h3-7H,2,8-12,22H2,1H3,(H2,21,25)(H,23,24). The number of carbonyl (C=O) groups is 2. The van der Waals surface area contributed by atoms with Gasteiger partial charge in [0, 0.05) is 23.3 Å². The van der Waals surface area contributed by atoms with Gasteiger partial charge in [0.15, 0.2) is 0 Å². The number of carbonyl (C=O) groups excluding carboxylic acids is 2. The molecule has 26 heavy (non-hydrogen) atoms. The van der Waals surface area contributed by atoms with Crippen molar-refractivity contribution in [2.24, 2.45) is 5.73 Å². The molecule has 5 N–H and O–H groups in total. The number of hydrogen-bond donors (Lipinski definition) is 3. The molecule has 2 aromatic rings. The average molecular weight is 372 g/mol. The highest BCUT2D eigenvalue weighted by Gasteiger charge is 2.39. The lowest BCUT2D eigenvalue weighted by Crippen LogP contribution is -2.35. The third-order valence-electron chi connectivity index (χ3n) is 5.31. The zero-order valence-electron chi connectivity index (χ0n) is 15.0. The number of rotatable bonds is 6. The Bertz CT molecular complexity index is 816. The minimum atomic E-state index is -0.450. The molecule has 6 heteroatoms. The van der Waals surface area contributed by atoms with Gasteiger partial charge in [0.2, 0.25) is 5.91 Å². The van der Waals surface area contributed by atoms with E-state index in [0.717, 1.165) is 36.1 Å². The maximum absolute atomic E-state index is 12.1. The van der Waals surface area contributed by atoms with E-state index in [1.54, 1.807) is 0 Å². The van der Waals surface area contributed by atoms with Crippen LogP contribution in [-0.4, -0.2) is 18.4 Å². The molecule has 1 aliphatic rings. The molecule has 0 spiro atoms. The maximum Gasteiger partial charge on any atom is 0.251 e. The number of anilines is 1. The molecule has 1 aromatic carbocycles. The van der Waals surface area contributed by atoms with E-state index in [2.05, 4.69) is 17.4 Å². The molecule has 0 saturated carbocycles. The van der Waals surface area contributed by atoms with Crippen molar-refractivity contribution in [3.63, 3.8) is 0 Å². The Morgan fingerprint density at radius 3 is 2.65 bits per heavy atom. The largest absolute Gasteiger partial charge is 0.390 e. The van der Waals surface area contributed by atoms with Crippen molar-refractivity contribution in [1.82, 2.24) is 5.32 Å². The van der Waals surface area contributed by atoms with Gasteiger partial charge in [-0.1, -0.05) is 30.3 Å². The quantitative estimate of drug-likeness (QED) is 0.728. The van der Waals surface area contributed by atoms with Crippen molar-refractivity contribution in [3.05, 3.63) is 51.9 Å². The number of thiophene rings is 1. The zero-order valence-corrected chi connectivity index (χ0v) is 15.8. The van der Waals surface area contributed by atoms with Crippen molar-refractivity contribution < 1.29 is 9.59 Å². The second kappa shape index (κ2) is 7.50. The smallest absolute Gasteiger partial charge is 0.251 e. The molecule has 1 aromatic heterocycles. The van der Waals surface area contributed by atoms with Gasteiger partial charge in [0.25, 0.3) is 5.91 Å². The first-order valence-electron chi connectivity index (χ1n) is 8.99. The fourth-order valence-corrected chi connectivity index (χ4v) is 5.27. The van der Waals surface area contributed by atoms with Crippen LogP contribution in [0.5, 0.6) is 0 Å². The van der Waals surface area contributed by atoms with Gasteiger partial charge in [-0.3, -0.25) is 9.59 Å². The molecule has 1 unspecified atom stereocenters. The number of nitrogens with one attached hydrogen (secondary N) is 1. The van der Waals surface area contributed by atoms with Crippen molar-refractivity contribution in [2.75, 3.05) is 12.3 Å². The van der Waals surface area contributed by atoms with Gasteiger partial charge < -0.3 is 16.8 Å². The minimum absolute atomic E-state index is 0.0807. The summed E-state index contributed by atoms with van der Waals surface area (Å²) in [7, 11) is 0. The van der Waals surface area contributed by atoms with E-state index in [4.69, 9.17) is 11.5 Å². The molecule has 1 heterocycles. The molecule has 0 saturated heterocycles. The van der Waals surface area contributed by atoms with Gasteiger partial charge in [-0.05, 0) is 43.7 Å². The van der Waals surface area contributed by atoms with Crippen LogP contribution in [0.15, 0.2) is 30.3 Å². The fraction of sp³-hybridized carbons (Fsp3) is 0.400. The Balaban J connectivity index is 1.95. The number of primary amides is 1. The predicted molar refractivity (Wildman–Crippen MR) is 105 cm³/mol. The normalized spacial score (nSPS) is 19.0. The van der Waals surface area contributed by atoms with E-state index in [1.165, 1.54) is 16.9 Å². The zero-order chi connectivity index (χ0) is 18.7. The van der Waals surface area contributed by atoms with E-state index >= 15 is 0 Å². The highest BCUT2D eigenvalue weighted by atomic mass is 32.1. The monoisotopic (exact) mass is 371 g/mol. The van der Waals surface area contributed by atoms with Crippen molar-refractivity contribution in [1.29, 1.82) is 0 Å². The molecular weight excluding hydrogens is 346 g/mol. The summed E-state index contributed by atoms with van der Waals surface area (Å²) in [5.41, 5.74) is 14.2. The Labute approximate surface area is 157 Å². The van der Waals surface area contributed by atoms with E-state index in [1.807, 2.05) is 25.1 Å². The molecule has 2 amide bonds. The second-order valence-electron chi connectivity index (χ2n) is 6.88. The average Bonchev–Trinajstić information content (AvgIpc) is 2.96. The highest BCUT2D eigenvalue weighted by Crippen LogP contribution is 2.46. The number of fused-ring (bicyclic) bond motifs is 1. The van der Waals surface area contributed by atoms with Gasteiger partial charge in [-0.2, -0.15) is 0 Å². The van der Waals surface area contributed by atoms with Crippen molar-refractivity contribution in [3.8, 4) is 0 Å². The van der Waals surface area contributed by atoms with E-state index in [9.17, 15) is 9.59 Å². The highest BCUT2D eigenvalue weighted by molar-refractivity contribution is 7.16. The Morgan fingerprint density at radius 2 is 2.00 bits per heavy atom. The van der Waals surface area contributed by atoms with Crippen LogP contribution >= 0.6 is 11.3 Å². The number of benzene rings is 1. The summed E-state index contributed by atoms with van der Waals surface area (Å²) < 4.78 is 0. The van der Waals surface area contributed by atoms with Crippen molar-refractivity contribution in [2.45, 2.75) is 44.4 Å². The second-order valence-corrected chi connectivity index (χ2v) is 8.02. The van der Waals surface area contributed by atoms with E-state index in [0.29, 0.717) is 23.5 Å². The summed E-state index contributed by atoms with van der Waals surface area (Å²) in [5, 5.41) is 3.39. The Morgan fingerprint density at radius 1 is 1.27 bits per heavy atom. The molecule has 0 fully saturated rings. The summed E-state index contributed by atoms with van der Waals surface area (Å²) in [6, 6.07) is 10.3. The molecule has 0 aliphatic heterocycles. The summed E-state index contributed by atoms with van der Waals surface area (Å²) >= 11 is 1.46. The molecule has 1 atom stereocenters. The first-order chi connectivity index (χ1) is 12.5. The number of nitrogen functional groups attached to an aromatic ring is 1. The summed E-state index contributed by atoms with van der Waals surface area (Å²) in [5.74, 6) is -0.369. The molecule has 3 rings (SSSR count). The van der Waals surface area contributed by atoms with Crippen LogP contribution in [-0.2, 0) is 23.1 Å². The van der Waals surface area contributed by atoms with Crippen LogP contribution in [0.2, 0.25) is 0 Å². The number of nitrogens with two attached hydrogens (primary N) is 2. The van der Waals surface area contributed by atoms with Crippen LogP contribution in [0, 0.1) is 0 Å². The number of amides is 2. The topological polar surface area (TPSA) is 98.2 Å². The number of hydrogen-bond acceptors (Lipinski definition) is 4. The SMILES string of the molecule is CCNC(=O)CCC1(c2ccccc2)CCc2c(sc(N)c2C(N)=O)C1. The Hall–Kier alpha value is -2.34. The predicted octanol–water partition coefficient (Wildman–Crippen LogP) is 2.77. The first-order valence-corrected chi connectivity index (χ1v) is 9.80. The molecule has 0 radical (unpaired) electrons. The van der Waals surface area contributed by atoms with Crippen molar-refractivity contribution >= 4 is 28.2 Å². The van der Waals surface area contributed by atoms with Gasteiger partial charge in [0.05, 0.1) is 10.6 Å². The fourth-order valence-electron chi connectivity index (χ4n) is 4.01. The summed E-state index contributed by atoms with van der Waals surface area (Å²) in [6.45, 7) is 2.57.